The van der Waals surface area contributed by atoms with Crippen LogP contribution in [-0.4, -0.2) is 34.9 Å². The lowest BCUT2D eigenvalue weighted by Crippen LogP contribution is -2.48. The fourth-order valence-electron chi connectivity index (χ4n) is 2.21. The highest BCUT2D eigenvalue weighted by atomic mass is 16.6. The van der Waals surface area contributed by atoms with Crippen LogP contribution in [0, 0.1) is 0 Å². The van der Waals surface area contributed by atoms with Crippen molar-refractivity contribution in [3.05, 3.63) is 42.1 Å². The Morgan fingerprint density at radius 3 is 2.48 bits per heavy atom. The number of fused-ring (bicyclic) bond motifs is 1. The number of amides is 1. The first-order valence-electron chi connectivity index (χ1n) is 7.46. The molecule has 0 aliphatic carbocycles. The molecule has 1 atom stereocenters. The molecule has 0 bridgehead atoms. The Morgan fingerprint density at radius 1 is 1.22 bits per heavy atom. The molecule has 0 aliphatic heterocycles. The van der Waals surface area contributed by atoms with Gasteiger partial charge in [-0.1, -0.05) is 18.2 Å². The van der Waals surface area contributed by atoms with Crippen LogP contribution in [0.2, 0.25) is 0 Å². The van der Waals surface area contributed by atoms with Gasteiger partial charge in [-0.3, -0.25) is 9.88 Å². The molecular weight excluding hydrogens is 292 g/mol. The summed E-state index contributed by atoms with van der Waals surface area (Å²) in [7, 11) is 1.55. The average molecular weight is 314 g/mol. The van der Waals surface area contributed by atoms with E-state index in [2.05, 4.69) is 4.98 Å². The predicted molar refractivity (Wildman–Crippen MR) is 89.2 cm³/mol. The lowest BCUT2D eigenvalue weighted by molar-refractivity contribution is -0.117. The van der Waals surface area contributed by atoms with Crippen molar-refractivity contribution >= 4 is 23.3 Å². The Hall–Kier alpha value is -2.43. The van der Waals surface area contributed by atoms with Crippen molar-refractivity contribution < 1.29 is 14.3 Å². The van der Waals surface area contributed by atoms with Crippen LogP contribution in [0.15, 0.2) is 36.5 Å². The van der Waals surface area contributed by atoms with Crippen LogP contribution in [0.3, 0.4) is 0 Å². The fraction of sp³-hybridized carbons (Fsp3) is 0.389. The number of ether oxygens (including phenoxy) is 1. The molecule has 0 saturated heterocycles. The standard InChI is InChI=1S/C18H22N2O3/c1-17(2,3)23-16(22)20(5)18(4,12-21)14-10-13-8-6-7-9-15(13)19-11-14/h6-12H,1-5H3. The minimum absolute atomic E-state index is 0.555. The van der Waals surface area contributed by atoms with Crippen molar-refractivity contribution in [2.75, 3.05) is 7.05 Å². The zero-order valence-electron chi connectivity index (χ0n) is 14.2. The molecule has 0 saturated carbocycles. The Kier molecular flexibility index (Phi) is 4.41. The SMILES string of the molecule is CN(C(=O)OC(C)(C)C)C(C)(C=O)c1cnc2ccccc2c1. The van der Waals surface area contributed by atoms with E-state index in [1.54, 1.807) is 40.9 Å². The molecular formula is C18H22N2O3. The number of aromatic nitrogens is 1. The minimum Gasteiger partial charge on any atom is -0.444 e. The first kappa shape index (κ1) is 16.9. The molecule has 1 aromatic heterocycles. The summed E-state index contributed by atoms with van der Waals surface area (Å²) in [4.78, 5) is 29.8. The second-order valence-electron chi connectivity index (χ2n) is 6.72. The van der Waals surface area contributed by atoms with Gasteiger partial charge in [0.05, 0.1) is 5.52 Å². The average Bonchev–Trinajstić information content (AvgIpc) is 2.51. The van der Waals surface area contributed by atoms with Crippen LogP contribution in [0.4, 0.5) is 4.79 Å². The molecule has 0 N–H and O–H groups in total. The molecule has 0 spiro atoms. The number of nitrogens with zero attached hydrogens (tertiary/aromatic N) is 2. The molecule has 1 amide bonds. The highest BCUT2D eigenvalue weighted by molar-refractivity contribution is 5.82. The quantitative estimate of drug-likeness (QED) is 0.813. The summed E-state index contributed by atoms with van der Waals surface area (Å²) in [6.07, 6.45) is 1.81. The number of carbonyl (C=O) groups excluding carboxylic acids is 2. The molecule has 5 heteroatoms. The van der Waals surface area contributed by atoms with Crippen molar-refractivity contribution in [1.82, 2.24) is 9.88 Å². The Balaban J connectivity index is 2.41. The maximum absolute atomic E-state index is 12.3. The largest absolute Gasteiger partial charge is 0.444 e. The molecule has 1 heterocycles. The summed E-state index contributed by atoms with van der Waals surface area (Å²) >= 11 is 0. The van der Waals surface area contributed by atoms with Gasteiger partial charge in [-0.15, -0.1) is 0 Å². The van der Waals surface area contributed by atoms with Crippen LogP contribution in [0.25, 0.3) is 10.9 Å². The van der Waals surface area contributed by atoms with Gasteiger partial charge in [-0.2, -0.15) is 0 Å². The van der Waals surface area contributed by atoms with Gasteiger partial charge >= 0.3 is 6.09 Å². The van der Waals surface area contributed by atoms with Gasteiger partial charge in [-0.05, 0) is 39.8 Å². The molecule has 2 rings (SSSR count). The van der Waals surface area contributed by atoms with Crippen molar-refractivity contribution in [3.8, 4) is 0 Å². The van der Waals surface area contributed by atoms with Crippen molar-refractivity contribution in [1.29, 1.82) is 0 Å². The van der Waals surface area contributed by atoms with E-state index in [4.69, 9.17) is 4.74 Å². The second-order valence-corrected chi connectivity index (χ2v) is 6.72. The number of aldehydes is 1. The number of para-hydroxylation sites is 1. The van der Waals surface area contributed by atoms with Gasteiger partial charge in [-0.25, -0.2) is 4.79 Å². The first-order valence-corrected chi connectivity index (χ1v) is 7.46. The zero-order chi connectivity index (χ0) is 17.3. The minimum atomic E-state index is -1.15. The highest BCUT2D eigenvalue weighted by Crippen LogP contribution is 2.28. The maximum Gasteiger partial charge on any atom is 0.411 e. The van der Waals surface area contributed by atoms with Crippen LogP contribution in [-0.2, 0) is 15.1 Å². The third kappa shape index (κ3) is 3.50. The topological polar surface area (TPSA) is 59.5 Å². The van der Waals surface area contributed by atoms with Gasteiger partial charge in [0.15, 0.2) is 0 Å². The Bertz CT molecular complexity index is 736. The first-order chi connectivity index (χ1) is 10.7. The number of rotatable bonds is 3. The molecule has 5 nitrogen and oxygen atoms in total. The normalized spacial score (nSPS) is 14.1. The second kappa shape index (κ2) is 5.99. The zero-order valence-corrected chi connectivity index (χ0v) is 14.2. The van der Waals surface area contributed by atoms with Crippen molar-refractivity contribution in [3.63, 3.8) is 0 Å². The Morgan fingerprint density at radius 2 is 1.87 bits per heavy atom. The number of pyridine rings is 1. The van der Waals surface area contributed by atoms with Gasteiger partial charge < -0.3 is 9.53 Å². The molecule has 23 heavy (non-hydrogen) atoms. The molecule has 0 fully saturated rings. The monoisotopic (exact) mass is 314 g/mol. The maximum atomic E-state index is 12.3. The van der Waals surface area contributed by atoms with Crippen molar-refractivity contribution in [2.45, 2.75) is 38.8 Å². The van der Waals surface area contributed by atoms with Gasteiger partial charge in [0.25, 0.3) is 0 Å². The third-order valence-corrected chi connectivity index (χ3v) is 3.77. The molecule has 0 aliphatic rings. The summed E-state index contributed by atoms with van der Waals surface area (Å²) in [5, 5.41) is 0.913. The molecule has 0 radical (unpaired) electrons. The van der Waals surface area contributed by atoms with Crippen LogP contribution >= 0.6 is 0 Å². The van der Waals surface area contributed by atoms with Crippen molar-refractivity contribution in [2.24, 2.45) is 0 Å². The molecule has 2 aromatic rings. The van der Waals surface area contributed by atoms with E-state index in [1.165, 1.54) is 4.90 Å². The van der Waals surface area contributed by atoms with E-state index in [0.29, 0.717) is 5.56 Å². The number of carbonyl (C=O) groups is 2. The molecule has 1 aromatic carbocycles. The number of benzene rings is 1. The van der Waals surface area contributed by atoms with Crippen LogP contribution in [0.5, 0.6) is 0 Å². The van der Waals surface area contributed by atoms with Gasteiger partial charge in [0.1, 0.15) is 17.4 Å². The Labute approximate surface area is 136 Å². The van der Waals surface area contributed by atoms with Gasteiger partial charge in [0, 0.05) is 24.2 Å². The third-order valence-electron chi connectivity index (χ3n) is 3.77. The van der Waals surface area contributed by atoms with E-state index in [1.807, 2.05) is 30.3 Å². The van der Waals surface area contributed by atoms with E-state index in [-0.39, 0.29) is 0 Å². The highest BCUT2D eigenvalue weighted by Gasteiger charge is 2.37. The summed E-state index contributed by atoms with van der Waals surface area (Å²) in [6, 6.07) is 9.50. The summed E-state index contributed by atoms with van der Waals surface area (Å²) < 4.78 is 5.36. The van der Waals surface area contributed by atoms with E-state index >= 15 is 0 Å². The smallest absolute Gasteiger partial charge is 0.411 e. The van der Waals surface area contributed by atoms with Crippen LogP contribution in [0.1, 0.15) is 33.3 Å². The van der Waals surface area contributed by atoms with Crippen LogP contribution < -0.4 is 0 Å². The van der Waals surface area contributed by atoms with Gasteiger partial charge in [0.2, 0.25) is 0 Å². The number of hydrogen-bond acceptors (Lipinski definition) is 4. The number of hydrogen-bond donors (Lipinski definition) is 0. The molecule has 1 unspecified atom stereocenters. The summed E-state index contributed by atoms with van der Waals surface area (Å²) in [5.41, 5.74) is -0.306. The predicted octanol–water partition coefficient (Wildman–Crippen LogP) is 3.52. The molecule has 122 valence electrons. The summed E-state index contributed by atoms with van der Waals surface area (Å²) in [6.45, 7) is 7.04. The lowest BCUT2D eigenvalue weighted by atomic mass is 9.92. The lowest BCUT2D eigenvalue weighted by Gasteiger charge is -2.35. The van der Waals surface area contributed by atoms with E-state index in [0.717, 1.165) is 17.2 Å². The number of likely N-dealkylation sites (N-methyl/N-ethyl adjacent to an activating group) is 1. The van der Waals surface area contributed by atoms with E-state index in [9.17, 15) is 9.59 Å². The van der Waals surface area contributed by atoms with E-state index < -0.39 is 17.2 Å². The summed E-state index contributed by atoms with van der Waals surface area (Å²) in [5.74, 6) is 0. The fourth-order valence-corrected chi connectivity index (χ4v) is 2.21.